The standard InChI is InChI=1S/C16H21NO2/c1-16(2)13-8-10-14(11-9-13)17(16)19-15(18)12-6-4-3-5-7-12/h3-7,13-14H,8-11H2,1-2H3. The van der Waals surface area contributed by atoms with E-state index in [1.165, 1.54) is 12.8 Å². The Hall–Kier alpha value is -1.35. The van der Waals surface area contributed by atoms with Crippen molar-refractivity contribution in [3.8, 4) is 0 Å². The number of benzene rings is 1. The molecule has 102 valence electrons. The lowest BCUT2D eigenvalue weighted by Gasteiger charge is -2.54. The van der Waals surface area contributed by atoms with Crippen LogP contribution in [0.1, 0.15) is 49.9 Å². The first-order chi connectivity index (χ1) is 9.09. The van der Waals surface area contributed by atoms with Gasteiger partial charge in [-0.2, -0.15) is 0 Å². The maximum Gasteiger partial charge on any atom is 0.357 e. The van der Waals surface area contributed by atoms with Crippen molar-refractivity contribution in [1.82, 2.24) is 5.06 Å². The molecule has 4 rings (SSSR count). The van der Waals surface area contributed by atoms with Gasteiger partial charge in [-0.25, -0.2) is 4.79 Å². The summed E-state index contributed by atoms with van der Waals surface area (Å²) in [5.41, 5.74) is 0.589. The number of hydrogen-bond donors (Lipinski definition) is 0. The molecule has 2 aliphatic heterocycles. The van der Waals surface area contributed by atoms with Gasteiger partial charge in [-0.3, -0.25) is 0 Å². The van der Waals surface area contributed by atoms with E-state index in [1.54, 1.807) is 12.1 Å². The molecule has 0 N–H and O–H groups in total. The summed E-state index contributed by atoms with van der Waals surface area (Å²) in [4.78, 5) is 17.9. The summed E-state index contributed by atoms with van der Waals surface area (Å²) >= 11 is 0. The number of rotatable bonds is 2. The summed E-state index contributed by atoms with van der Waals surface area (Å²) in [6, 6.07) is 9.64. The van der Waals surface area contributed by atoms with Crippen molar-refractivity contribution >= 4 is 5.97 Å². The maximum absolute atomic E-state index is 12.2. The highest BCUT2D eigenvalue weighted by Crippen LogP contribution is 2.46. The average molecular weight is 259 g/mol. The topological polar surface area (TPSA) is 29.5 Å². The van der Waals surface area contributed by atoms with Crippen LogP contribution in [0.4, 0.5) is 0 Å². The molecular weight excluding hydrogens is 238 g/mol. The number of hydroxylamine groups is 2. The SMILES string of the molecule is CC1(C)C2CCC(CC2)N1OC(=O)c1ccccc1. The highest BCUT2D eigenvalue weighted by Gasteiger charge is 2.49. The van der Waals surface area contributed by atoms with Gasteiger partial charge in [0.1, 0.15) is 0 Å². The Labute approximate surface area is 114 Å². The van der Waals surface area contributed by atoms with Crippen molar-refractivity contribution < 1.29 is 9.63 Å². The molecule has 19 heavy (non-hydrogen) atoms. The highest BCUT2D eigenvalue weighted by atomic mass is 16.7. The molecular formula is C16H21NO2. The molecule has 0 spiro atoms. The third-order valence-electron chi connectivity index (χ3n) is 4.79. The second-order valence-electron chi connectivity index (χ2n) is 6.23. The van der Waals surface area contributed by atoms with Gasteiger partial charge in [-0.15, -0.1) is 5.06 Å². The molecule has 2 saturated heterocycles. The van der Waals surface area contributed by atoms with Crippen molar-refractivity contribution in [1.29, 1.82) is 0 Å². The van der Waals surface area contributed by atoms with E-state index in [2.05, 4.69) is 13.8 Å². The van der Waals surface area contributed by atoms with Crippen molar-refractivity contribution in [3.05, 3.63) is 35.9 Å². The minimum absolute atomic E-state index is 0.0361. The van der Waals surface area contributed by atoms with E-state index in [0.29, 0.717) is 17.5 Å². The van der Waals surface area contributed by atoms with E-state index in [0.717, 1.165) is 12.8 Å². The van der Waals surface area contributed by atoms with Crippen LogP contribution in [0.25, 0.3) is 0 Å². The Morgan fingerprint density at radius 3 is 2.37 bits per heavy atom. The second kappa shape index (κ2) is 4.64. The Morgan fingerprint density at radius 1 is 1.16 bits per heavy atom. The van der Waals surface area contributed by atoms with E-state index in [-0.39, 0.29) is 11.5 Å². The summed E-state index contributed by atoms with van der Waals surface area (Å²) < 4.78 is 0. The number of piperidine rings is 2. The van der Waals surface area contributed by atoms with Crippen molar-refractivity contribution in [2.45, 2.75) is 51.1 Å². The fourth-order valence-corrected chi connectivity index (χ4v) is 3.58. The summed E-state index contributed by atoms with van der Waals surface area (Å²) in [6.45, 7) is 4.39. The van der Waals surface area contributed by atoms with Crippen molar-refractivity contribution in [3.63, 3.8) is 0 Å². The Bertz CT molecular complexity index is 461. The molecule has 0 unspecified atom stereocenters. The number of carbonyl (C=O) groups is 1. The van der Waals surface area contributed by atoms with Gasteiger partial charge in [-0.1, -0.05) is 18.2 Å². The van der Waals surface area contributed by atoms with Crippen LogP contribution in [0.2, 0.25) is 0 Å². The molecule has 1 aromatic carbocycles. The molecule has 1 aromatic rings. The summed E-state index contributed by atoms with van der Waals surface area (Å²) in [7, 11) is 0. The van der Waals surface area contributed by atoms with E-state index >= 15 is 0 Å². The third kappa shape index (κ3) is 2.16. The smallest absolute Gasteiger partial charge is 0.357 e. The quantitative estimate of drug-likeness (QED) is 0.815. The Kier molecular flexibility index (Phi) is 3.09. The fourth-order valence-electron chi connectivity index (χ4n) is 3.58. The Morgan fingerprint density at radius 2 is 1.79 bits per heavy atom. The predicted octanol–water partition coefficient (Wildman–Crippen LogP) is 3.41. The lowest BCUT2D eigenvalue weighted by Crippen LogP contribution is -2.61. The zero-order valence-corrected chi connectivity index (χ0v) is 11.6. The third-order valence-corrected chi connectivity index (χ3v) is 4.79. The molecule has 0 atom stereocenters. The first-order valence-corrected chi connectivity index (χ1v) is 7.15. The van der Waals surface area contributed by atoms with E-state index < -0.39 is 0 Å². The first-order valence-electron chi connectivity index (χ1n) is 7.15. The molecule has 3 fully saturated rings. The summed E-state index contributed by atoms with van der Waals surface area (Å²) in [6.07, 6.45) is 4.82. The van der Waals surface area contributed by atoms with Crippen LogP contribution in [-0.4, -0.2) is 22.6 Å². The average Bonchev–Trinajstić information content (AvgIpc) is 2.44. The molecule has 3 nitrogen and oxygen atoms in total. The zero-order valence-electron chi connectivity index (χ0n) is 11.6. The van der Waals surface area contributed by atoms with Gasteiger partial charge in [-0.05, 0) is 57.6 Å². The van der Waals surface area contributed by atoms with E-state index in [4.69, 9.17) is 4.84 Å². The maximum atomic E-state index is 12.2. The van der Waals surface area contributed by atoms with Crippen LogP contribution in [0.5, 0.6) is 0 Å². The van der Waals surface area contributed by atoms with Crippen molar-refractivity contribution in [2.24, 2.45) is 5.92 Å². The number of hydrogen-bond acceptors (Lipinski definition) is 3. The minimum atomic E-state index is -0.235. The summed E-state index contributed by atoms with van der Waals surface area (Å²) in [5, 5.41) is 1.97. The largest absolute Gasteiger partial charge is 0.363 e. The number of fused-ring (bicyclic) bond motifs is 3. The Balaban J connectivity index is 1.77. The second-order valence-corrected chi connectivity index (χ2v) is 6.23. The molecule has 2 heterocycles. The normalized spacial score (nSPS) is 29.2. The molecule has 1 aliphatic carbocycles. The van der Waals surface area contributed by atoms with E-state index in [1.807, 2.05) is 23.3 Å². The van der Waals surface area contributed by atoms with Gasteiger partial charge >= 0.3 is 5.97 Å². The highest BCUT2D eigenvalue weighted by molar-refractivity contribution is 5.89. The molecule has 3 heteroatoms. The van der Waals surface area contributed by atoms with Gasteiger partial charge in [0, 0.05) is 6.04 Å². The zero-order chi connectivity index (χ0) is 13.5. The van der Waals surface area contributed by atoms with Crippen LogP contribution in [0, 0.1) is 5.92 Å². The number of nitrogens with zero attached hydrogens (tertiary/aromatic N) is 1. The van der Waals surface area contributed by atoms with Gasteiger partial charge in [0.2, 0.25) is 0 Å². The van der Waals surface area contributed by atoms with E-state index in [9.17, 15) is 4.79 Å². The summed E-state index contributed by atoms with van der Waals surface area (Å²) in [5.74, 6) is 0.405. The van der Waals surface area contributed by atoms with Crippen LogP contribution < -0.4 is 0 Å². The lowest BCUT2D eigenvalue weighted by atomic mass is 9.69. The molecule has 0 aromatic heterocycles. The minimum Gasteiger partial charge on any atom is -0.363 e. The van der Waals surface area contributed by atoms with Gasteiger partial charge < -0.3 is 4.84 Å². The van der Waals surface area contributed by atoms with Crippen LogP contribution in [0.3, 0.4) is 0 Å². The first kappa shape index (κ1) is 12.7. The lowest BCUT2D eigenvalue weighted by molar-refractivity contribution is -0.249. The molecule has 3 aliphatic rings. The number of carbonyl (C=O) groups excluding carboxylic acids is 1. The monoisotopic (exact) mass is 259 g/mol. The van der Waals surface area contributed by atoms with Crippen molar-refractivity contribution in [2.75, 3.05) is 0 Å². The van der Waals surface area contributed by atoms with Crippen LogP contribution >= 0.6 is 0 Å². The van der Waals surface area contributed by atoms with Gasteiger partial charge in [0.15, 0.2) is 0 Å². The van der Waals surface area contributed by atoms with Gasteiger partial charge in [0.25, 0.3) is 0 Å². The van der Waals surface area contributed by atoms with Crippen LogP contribution in [-0.2, 0) is 4.84 Å². The van der Waals surface area contributed by atoms with Crippen LogP contribution in [0.15, 0.2) is 30.3 Å². The molecule has 1 saturated carbocycles. The molecule has 2 bridgehead atoms. The predicted molar refractivity (Wildman–Crippen MR) is 73.5 cm³/mol. The molecule has 0 amide bonds. The van der Waals surface area contributed by atoms with Gasteiger partial charge in [0.05, 0.1) is 11.1 Å². The molecule has 0 radical (unpaired) electrons. The fraction of sp³-hybridized carbons (Fsp3) is 0.562.